The second-order valence-electron chi connectivity index (χ2n) is 3.92. The van der Waals surface area contributed by atoms with Crippen LogP contribution in [-0.2, 0) is 6.54 Å². The van der Waals surface area contributed by atoms with Gasteiger partial charge in [-0.1, -0.05) is 24.3 Å². The minimum Gasteiger partial charge on any atom is -0.382 e. The van der Waals surface area contributed by atoms with Gasteiger partial charge in [-0.05, 0) is 29.6 Å². The van der Waals surface area contributed by atoms with Gasteiger partial charge in [0.15, 0.2) is 5.82 Å². The minimum atomic E-state index is -0.562. The van der Waals surface area contributed by atoms with E-state index in [4.69, 9.17) is 11.5 Å². The molecule has 0 aliphatic rings. The van der Waals surface area contributed by atoms with Gasteiger partial charge < -0.3 is 16.8 Å². The molecule has 2 aromatic rings. The zero-order valence-electron chi connectivity index (χ0n) is 9.93. The topological polar surface area (TPSA) is 94.0 Å². The van der Waals surface area contributed by atoms with E-state index >= 15 is 0 Å². The third-order valence-electron chi connectivity index (χ3n) is 2.67. The van der Waals surface area contributed by atoms with Crippen LogP contribution in [0.5, 0.6) is 0 Å². The van der Waals surface area contributed by atoms with Crippen LogP contribution < -0.4 is 16.8 Å². The van der Waals surface area contributed by atoms with Gasteiger partial charge in [-0.15, -0.1) is 0 Å². The molecule has 1 heterocycles. The Morgan fingerprint density at radius 2 is 2.17 bits per heavy atom. The molecule has 5 N–H and O–H groups in total. The first-order valence-electron chi connectivity index (χ1n) is 5.43. The number of carbonyl (C=O) groups is 1. The number of aromatic nitrogens is 1. The molecular weight excluding hydrogens is 248 g/mol. The molecule has 0 bridgehead atoms. The minimum absolute atomic E-state index is 0.180. The number of nitrogens with two attached hydrogens (primary N) is 2. The SMILES string of the molecule is Cc1ccccc1CNc1snc(N)c1C(N)=O. The maximum atomic E-state index is 11.3. The van der Waals surface area contributed by atoms with Gasteiger partial charge in [0.05, 0.1) is 0 Å². The summed E-state index contributed by atoms with van der Waals surface area (Å²) in [7, 11) is 0. The van der Waals surface area contributed by atoms with Crippen LogP contribution in [-0.4, -0.2) is 10.3 Å². The molecule has 18 heavy (non-hydrogen) atoms. The lowest BCUT2D eigenvalue weighted by molar-refractivity contribution is 0.100. The molecule has 0 unspecified atom stereocenters. The number of nitrogens with zero attached hydrogens (tertiary/aromatic N) is 1. The number of nitrogen functional groups attached to an aromatic ring is 1. The summed E-state index contributed by atoms with van der Waals surface area (Å²) in [5, 5.41) is 3.76. The van der Waals surface area contributed by atoms with E-state index in [0.717, 1.165) is 17.1 Å². The summed E-state index contributed by atoms with van der Waals surface area (Å²) in [6.45, 7) is 2.64. The Morgan fingerprint density at radius 1 is 1.44 bits per heavy atom. The molecule has 0 saturated carbocycles. The van der Waals surface area contributed by atoms with Gasteiger partial charge in [0.25, 0.3) is 5.91 Å². The van der Waals surface area contributed by atoms with Crippen LogP contribution >= 0.6 is 11.5 Å². The summed E-state index contributed by atoms with van der Waals surface area (Å²) in [5.74, 6) is -0.381. The quantitative estimate of drug-likeness (QED) is 0.782. The number of nitrogens with one attached hydrogen (secondary N) is 1. The van der Waals surface area contributed by atoms with Crippen molar-refractivity contribution in [2.45, 2.75) is 13.5 Å². The molecule has 0 aliphatic carbocycles. The fourth-order valence-electron chi connectivity index (χ4n) is 1.65. The summed E-state index contributed by atoms with van der Waals surface area (Å²) < 4.78 is 3.93. The first kappa shape index (κ1) is 12.4. The van der Waals surface area contributed by atoms with Crippen LogP contribution in [0.4, 0.5) is 10.8 Å². The average molecular weight is 262 g/mol. The predicted octanol–water partition coefficient (Wildman–Crippen LogP) is 1.74. The first-order valence-corrected chi connectivity index (χ1v) is 6.20. The molecule has 1 aromatic carbocycles. The highest BCUT2D eigenvalue weighted by Crippen LogP contribution is 2.26. The molecule has 94 valence electrons. The average Bonchev–Trinajstić information content (AvgIpc) is 2.69. The fourth-order valence-corrected chi connectivity index (χ4v) is 2.36. The van der Waals surface area contributed by atoms with E-state index in [1.807, 2.05) is 31.2 Å². The number of hydrogen-bond acceptors (Lipinski definition) is 5. The predicted molar refractivity (Wildman–Crippen MR) is 73.5 cm³/mol. The Morgan fingerprint density at radius 3 is 2.83 bits per heavy atom. The van der Waals surface area contributed by atoms with Crippen molar-refractivity contribution in [2.24, 2.45) is 5.73 Å². The Labute approximate surface area is 109 Å². The molecule has 0 radical (unpaired) electrons. The molecule has 0 atom stereocenters. The lowest BCUT2D eigenvalue weighted by Gasteiger charge is -2.07. The van der Waals surface area contributed by atoms with E-state index in [1.54, 1.807) is 0 Å². The Kier molecular flexibility index (Phi) is 3.47. The lowest BCUT2D eigenvalue weighted by Crippen LogP contribution is -2.14. The van der Waals surface area contributed by atoms with E-state index in [9.17, 15) is 4.79 Å². The van der Waals surface area contributed by atoms with Crippen LogP contribution in [0.3, 0.4) is 0 Å². The molecule has 1 aromatic heterocycles. The van der Waals surface area contributed by atoms with Crippen molar-refractivity contribution in [2.75, 3.05) is 11.1 Å². The number of aryl methyl sites for hydroxylation is 1. The summed E-state index contributed by atoms with van der Waals surface area (Å²) in [6, 6.07) is 8.02. The van der Waals surface area contributed by atoms with Crippen LogP contribution in [0.1, 0.15) is 21.5 Å². The van der Waals surface area contributed by atoms with Gasteiger partial charge in [0.1, 0.15) is 10.6 Å². The van der Waals surface area contributed by atoms with Crippen molar-refractivity contribution in [3.63, 3.8) is 0 Å². The number of benzene rings is 1. The van der Waals surface area contributed by atoms with E-state index in [1.165, 1.54) is 5.56 Å². The molecule has 5 nitrogen and oxygen atoms in total. The second kappa shape index (κ2) is 5.05. The zero-order chi connectivity index (χ0) is 13.1. The molecule has 0 aliphatic heterocycles. The van der Waals surface area contributed by atoms with Gasteiger partial charge in [0.2, 0.25) is 0 Å². The molecule has 2 rings (SSSR count). The zero-order valence-corrected chi connectivity index (χ0v) is 10.8. The first-order chi connectivity index (χ1) is 8.59. The monoisotopic (exact) mass is 262 g/mol. The van der Waals surface area contributed by atoms with Crippen LogP contribution in [0.2, 0.25) is 0 Å². The number of hydrogen-bond donors (Lipinski definition) is 3. The van der Waals surface area contributed by atoms with Gasteiger partial charge in [-0.25, -0.2) is 0 Å². The molecule has 6 heteroatoms. The van der Waals surface area contributed by atoms with E-state index in [-0.39, 0.29) is 11.4 Å². The second-order valence-corrected chi connectivity index (χ2v) is 4.69. The standard InChI is InChI=1S/C12H14N4OS/c1-7-4-2-3-5-8(7)6-15-12-9(11(14)17)10(13)16-18-12/h2-5,15H,6H2,1H3,(H2,13,16)(H2,14,17). The van der Waals surface area contributed by atoms with E-state index in [0.29, 0.717) is 11.5 Å². The van der Waals surface area contributed by atoms with Crippen LogP contribution in [0, 0.1) is 6.92 Å². The number of carbonyl (C=O) groups excluding carboxylic acids is 1. The summed E-state index contributed by atoms with van der Waals surface area (Å²) in [4.78, 5) is 11.3. The largest absolute Gasteiger partial charge is 0.382 e. The maximum Gasteiger partial charge on any atom is 0.255 e. The van der Waals surface area contributed by atoms with Crippen molar-refractivity contribution < 1.29 is 4.79 Å². The van der Waals surface area contributed by atoms with Crippen molar-refractivity contribution in [3.05, 3.63) is 41.0 Å². The highest BCUT2D eigenvalue weighted by Gasteiger charge is 2.16. The molecule has 1 amide bonds. The van der Waals surface area contributed by atoms with Gasteiger partial charge >= 0.3 is 0 Å². The summed E-state index contributed by atoms with van der Waals surface area (Å²) in [5.41, 5.74) is 13.5. The van der Waals surface area contributed by atoms with Gasteiger partial charge in [-0.3, -0.25) is 4.79 Å². The van der Waals surface area contributed by atoms with Crippen molar-refractivity contribution in [3.8, 4) is 0 Å². The third-order valence-corrected chi connectivity index (χ3v) is 3.48. The van der Waals surface area contributed by atoms with Crippen molar-refractivity contribution >= 4 is 28.3 Å². The third kappa shape index (κ3) is 2.43. The highest BCUT2D eigenvalue weighted by molar-refractivity contribution is 7.11. The summed E-state index contributed by atoms with van der Waals surface area (Å²) >= 11 is 1.14. The molecule has 0 saturated heterocycles. The Balaban J connectivity index is 2.16. The van der Waals surface area contributed by atoms with E-state index in [2.05, 4.69) is 9.69 Å². The number of anilines is 2. The van der Waals surface area contributed by atoms with Crippen LogP contribution in [0.15, 0.2) is 24.3 Å². The lowest BCUT2D eigenvalue weighted by atomic mass is 10.1. The number of primary amides is 1. The summed E-state index contributed by atoms with van der Waals surface area (Å²) in [6.07, 6.45) is 0. The van der Waals surface area contributed by atoms with Gasteiger partial charge in [0, 0.05) is 6.54 Å². The van der Waals surface area contributed by atoms with E-state index < -0.39 is 5.91 Å². The molecule has 0 spiro atoms. The normalized spacial score (nSPS) is 10.3. The fraction of sp³-hybridized carbons (Fsp3) is 0.167. The van der Waals surface area contributed by atoms with Crippen molar-refractivity contribution in [1.82, 2.24) is 4.37 Å². The Bertz CT molecular complexity index is 579. The number of amides is 1. The Hall–Kier alpha value is -2.08. The smallest absolute Gasteiger partial charge is 0.255 e. The van der Waals surface area contributed by atoms with Crippen molar-refractivity contribution in [1.29, 1.82) is 0 Å². The maximum absolute atomic E-state index is 11.3. The van der Waals surface area contributed by atoms with Crippen LogP contribution in [0.25, 0.3) is 0 Å². The molecular formula is C12H14N4OS. The highest BCUT2D eigenvalue weighted by atomic mass is 32.1. The van der Waals surface area contributed by atoms with Gasteiger partial charge in [-0.2, -0.15) is 4.37 Å². The molecule has 0 fully saturated rings. The number of rotatable bonds is 4.